The van der Waals surface area contributed by atoms with Gasteiger partial charge in [0, 0.05) is 25.8 Å². The highest BCUT2D eigenvalue weighted by Crippen LogP contribution is 2.20. The Bertz CT molecular complexity index is 356. The van der Waals surface area contributed by atoms with Crippen LogP contribution in [0.1, 0.15) is 30.9 Å². The van der Waals surface area contributed by atoms with Crippen LogP contribution in [0.15, 0.2) is 12.4 Å². The predicted molar refractivity (Wildman–Crippen MR) is 57.3 cm³/mol. The molecule has 1 fully saturated rings. The third-order valence-corrected chi connectivity index (χ3v) is 2.85. The SMILES string of the molecule is O=C(O)CCc1cnn(C2CCOCC2)c1. The van der Waals surface area contributed by atoms with Gasteiger partial charge >= 0.3 is 5.97 Å². The lowest BCUT2D eigenvalue weighted by atomic mass is 10.1. The average molecular weight is 224 g/mol. The second-order valence-electron chi connectivity index (χ2n) is 4.07. The molecule has 0 spiro atoms. The molecule has 1 aromatic rings. The molecule has 0 atom stereocenters. The number of nitrogens with zero attached hydrogens (tertiary/aromatic N) is 2. The van der Waals surface area contributed by atoms with Crippen LogP contribution in [0.4, 0.5) is 0 Å². The molecule has 0 aliphatic carbocycles. The van der Waals surface area contributed by atoms with Gasteiger partial charge in [0.1, 0.15) is 0 Å². The number of aliphatic carboxylic acids is 1. The highest BCUT2D eigenvalue weighted by molar-refractivity contribution is 5.67. The Morgan fingerprint density at radius 1 is 1.56 bits per heavy atom. The van der Waals surface area contributed by atoms with E-state index in [2.05, 4.69) is 5.10 Å². The van der Waals surface area contributed by atoms with E-state index in [-0.39, 0.29) is 6.42 Å². The summed E-state index contributed by atoms with van der Waals surface area (Å²) in [4.78, 5) is 10.4. The first-order valence-electron chi connectivity index (χ1n) is 5.58. The molecule has 1 N–H and O–H groups in total. The first kappa shape index (κ1) is 11.1. The third-order valence-electron chi connectivity index (χ3n) is 2.85. The fourth-order valence-corrected chi connectivity index (χ4v) is 1.91. The van der Waals surface area contributed by atoms with E-state index in [9.17, 15) is 4.79 Å². The van der Waals surface area contributed by atoms with Gasteiger partial charge in [-0.25, -0.2) is 0 Å². The van der Waals surface area contributed by atoms with Crippen LogP contribution in [-0.2, 0) is 16.0 Å². The van der Waals surface area contributed by atoms with Gasteiger partial charge in [-0.3, -0.25) is 9.48 Å². The van der Waals surface area contributed by atoms with Crippen molar-refractivity contribution in [2.45, 2.75) is 31.7 Å². The van der Waals surface area contributed by atoms with E-state index in [1.807, 2.05) is 10.9 Å². The Morgan fingerprint density at radius 2 is 2.31 bits per heavy atom. The van der Waals surface area contributed by atoms with E-state index in [0.717, 1.165) is 31.6 Å². The number of aromatic nitrogens is 2. The fourth-order valence-electron chi connectivity index (χ4n) is 1.91. The Balaban J connectivity index is 1.93. The normalized spacial score (nSPS) is 17.5. The van der Waals surface area contributed by atoms with E-state index in [4.69, 9.17) is 9.84 Å². The molecule has 1 aromatic heterocycles. The summed E-state index contributed by atoms with van der Waals surface area (Å²) >= 11 is 0. The van der Waals surface area contributed by atoms with Gasteiger partial charge < -0.3 is 9.84 Å². The molecular formula is C11H16N2O3. The number of ether oxygens (including phenoxy) is 1. The maximum Gasteiger partial charge on any atom is 0.303 e. The molecule has 5 heteroatoms. The van der Waals surface area contributed by atoms with Crippen LogP contribution >= 0.6 is 0 Å². The van der Waals surface area contributed by atoms with E-state index < -0.39 is 5.97 Å². The van der Waals surface area contributed by atoms with Gasteiger partial charge in [0.2, 0.25) is 0 Å². The van der Waals surface area contributed by atoms with Crippen molar-refractivity contribution >= 4 is 5.97 Å². The summed E-state index contributed by atoms with van der Waals surface area (Å²) in [6.07, 6.45) is 6.41. The van der Waals surface area contributed by atoms with Crippen LogP contribution in [0.3, 0.4) is 0 Å². The number of hydrogen-bond acceptors (Lipinski definition) is 3. The van der Waals surface area contributed by atoms with Gasteiger partial charge in [-0.05, 0) is 24.8 Å². The maximum absolute atomic E-state index is 10.4. The lowest BCUT2D eigenvalue weighted by molar-refractivity contribution is -0.136. The minimum atomic E-state index is -0.765. The molecule has 1 aliphatic rings. The lowest BCUT2D eigenvalue weighted by Gasteiger charge is -2.22. The molecule has 0 bridgehead atoms. The van der Waals surface area contributed by atoms with Crippen molar-refractivity contribution in [3.8, 4) is 0 Å². The van der Waals surface area contributed by atoms with Crippen LogP contribution in [0.2, 0.25) is 0 Å². The van der Waals surface area contributed by atoms with Crippen molar-refractivity contribution in [2.75, 3.05) is 13.2 Å². The van der Waals surface area contributed by atoms with Gasteiger partial charge in [-0.1, -0.05) is 0 Å². The molecule has 88 valence electrons. The van der Waals surface area contributed by atoms with Crippen LogP contribution in [0.5, 0.6) is 0 Å². The molecule has 0 unspecified atom stereocenters. The number of carboxylic acids is 1. The molecule has 5 nitrogen and oxygen atoms in total. The van der Waals surface area contributed by atoms with E-state index >= 15 is 0 Å². The molecule has 0 saturated carbocycles. The Kier molecular flexibility index (Phi) is 3.56. The Hall–Kier alpha value is -1.36. The fraction of sp³-hybridized carbons (Fsp3) is 0.636. The zero-order chi connectivity index (χ0) is 11.4. The molecule has 0 aromatic carbocycles. The summed E-state index contributed by atoms with van der Waals surface area (Å²) in [5, 5.41) is 12.9. The number of carbonyl (C=O) groups is 1. The summed E-state index contributed by atoms with van der Waals surface area (Å²) in [7, 11) is 0. The molecule has 1 aliphatic heterocycles. The van der Waals surface area contributed by atoms with Crippen molar-refractivity contribution < 1.29 is 14.6 Å². The molecule has 2 heterocycles. The molecule has 0 amide bonds. The van der Waals surface area contributed by atoms with E-state index in [1.165, 1.54) is 0 Å². The molecule has 2 rings (SSSR count). The first-order valence-corrected chi connectivity index (χ1v) is 5.58. The number of rotatable bonds is 4. The third kappa shape index (κ3) is 2.82. The molecular weight excluding hydrogens is 208 g/mol. The van der Waals surface area contributed by atoms with Crippen LogP contribution < -0.4 is 0 Å². The first-order chi connectivity index (χ1) is 7.75. The highest BCUT2D eigenvalue weighted by atomic mass is 16.5. The van der Waals surface area contributed by atoms with Crippen molar-refractivity contribution in [3.05, 3.63) is 18.0 Å². The number of aryl methyl sites for hydroxylation is 1. The minimum absolute atomic E-state index is 0.166. The number of carboxylic acid groups (broad SMARTS) is 1. The summed E-state index contributed by atoms with van der Waals surface area (Å²) in [6.45, 7) is 1.57. The quantitative estimate of drug-likeness (QED) is 0.836. The zero-order valence-corrected chi connectivity index (χ0v) is 9.13. The minimum Gasteiger partial charge on any atom is -0.481 e. The van der Waals surface area contributed by atoms with E-state index in [0.29, 0.717) is 12.5 Å². The molecule has 1 saturated heterocycles. The van der Waals surface area contributed by atoms with Gasteiger partial charge in [0.25, 0.3) is 0 Å². The van der Waals surface area contributed by atoms with Crippen molar-refractivity contribution in [3.63, 3.8) is 0 Å². The summed E-state index contributed by atoms with van der Waals surface area (Å²) in [5.74, 6) is -0.765. The van der Waals surface area contributed by atoms with E-state index in [1.54, 1.807) is 6.20 Å². The second kappa shape index (κ2) is 5.12. The van der Waals surface area contributed by atoms with Crippen molar-refractivity contribution in [1.29, 1.82) is 0 Å². The zero-order valence-electron chi connectivity index (χ0n) is 9.13. The highest BCUT2D eigenvalue weighted by Gasteiger charge is 2.16. The summed E-state index contributed by atoms with van der Waals surface area (Å²) in [6, 6.07) is 0.410. The Morgan fingerprint density at radius 3 is 3.00 bits per heavy atom. The average Bonchev–Trinajstić information content (AvgIpc) is 2.76. The second-order valence-corrected chi connectivity index (χ2v) is 4.07. The van der Waals surface area contributed by atoms with Crippen molar-refractivity contribution in [1.82, 2.24) is 9.78 Å². The molecule has 0 radical (unpaired) electrons. The monoisotopic (exact) mass is 224 g/mol. The van der Waals surface area contributed by atoms with Gasteiger partial charge in [0.05, 0.1) is 12.2 Å². The summed E-state index contributed by atoms with van der Waals surface area (Å²) in [5.41, 5.74) is 0.994. The van der Waals surface area contributed by atoms with Crippen LogP contribution in [-0.4, -0.2) is 34.1 Å². The number of hydrogen-bond donors (Lipinski definition) is 1. The predicted octanol–water partition coefficient (Wildman–Crippen LogP) is 1.25. The van der Waals surface area contributed by atoms with Crippen LogP contribution in [0.25, 0.3) is 0 Å². The smallest absolute Gasteiger partial charge is 0.303 e. The van der Waals surface area contributed by atoms with Gasteiger partial charge in [0.15, 0.2) is 0 Å². The largest absolute Gasteiger partial charge is 0.481 e. The topological polar surface area (TPSA) is 64.3 Å². The Labute approximate surface area is 94.0 Å². The van der Waals surface area contributed by atoms with Gasteiger partial charge in [-0.2, -0.15) is 5.10 Å². The standard InChI is InChI=1S/C11H16N2O3/c14-11(15)2-1-9-7-12-13(8-9)10-3-5-16-6-4-10/h7-8,10H,1-6H2,(H,14,15). The maximum atomic E-state index is 10.4. The van der Waals surface area contributed by atoms with Crippen molar-refractivity contribution in [2.24, 2.45) is 0 Å². The lowest BCUT2D eigenvalue weighted by Crippen LogP contribution is -2.19. The van der Waals surface area contributed by atoms with Crippen LogP contribution in [0, 0.1) is 0 Å². The van der Waals surface area contributed by atoms with Gasteiger partial charge in [-0.15, -0.1) is 0 Å². The molecule has 16 heavy (non-hydrogen) atoms. The summed E-state index contributed by atoms with van der Waals surface area (Å²) < 4.78 is 7.23.